The molecular formula is C14H15BrOS. The van der Waals surface area contributed by atoms with Gasteiger partial charge in [-0.25, -0.2) is 0 Å². The van der Waals surface area contributed by atoms with Crippen LogP contribution in [0.5, 0.6) is 5.75 Å². The van der Waals surface area contributed by atoms with Crippen molar-refractivity contribution in [3.8, 4) is 5.75 Å². The topological polar surface area (TPSA) is 9.23 Å². The van der Waals surface area contributed by atoms with Crippen LogP contribution in [0.15, 0.2) is 35.0 Å². The van der Waals surface area contributed by atoms with Crippen molar-refractivity contribution in [1.29, 1.82) is 0 Å². The summed E-state index contributed by atoms with van der Waals surface area (Å²) in [5, 5.41) is 4.40. The molecule has 2 rings (SSSR count). The van der Waals surface area contributed by atoms with Crippen molar-refractivity contribution in [2.45, 2.75) is 18.2 Å². The molecule has 0 aliphatic rings. The van der Waals surface area contributed by atoms with Gasteiger partial charge in [0.05, 0.1) is 7.11 Å². The van der Waals surface area contributed by atoms with E-state index >= 15 is 0 Å². The minimum absolute atomic E-state index is 0.352. The number of methoxy groups -OCH3 is 1. The van der Waals surface area contributed by atoms with Crippen molar-refractivity contribution in [3.63, 3.8) is 0 Å². The van der Waals surface area contributed by atoms with Crippen LogP contribution in [0.1, 0.15) is 21.5 Å². The zero-order valence-corrected chi connectivity index (χ0v) is 12.3. The highest BCUT2D eigenvalue weighted by Gasteiger charge is 2.13. The van der Waals surface area contributed by atoms with Crippen LogP contribution < -0.4 is 4.74 Å². The van der Waals surface area contributed by atoms with Gasteiger partial charge in [0.25, 0.3) is 0 Å². The van der Waals surface area contributed by atoms with E-state index < -0.39 is 0 Å². The Balaban J connectivity index is 2.18. The molecule has 17 heavy (non-hydrogen) atoms. The monoisotopic (exact) mass is 310 g/mol. The second-order valence-corrected chi connectivity index (χ2v) is 5.84. The van der Waals surface area contributed by atoms with Crippen molar-refractivity contribution >= 4 is 27.3 Å². The van der Waals surface area contributed by atoms with E-state index in [9.17, 15) is 0 Å². The van der Waals surface area contributed by atoms with Gasteiger partial charge in [-0.1, -0.05) is 34.1 Å². The van der Waals surface area contributed by atoms with Crippen LogP contribution in [0.2, 0.25) is 0 Å². The number of ether oxygens (including phenoxy) is 1. The van der Waals surface area contributed by atoms with Crippen molar-refractivity contribution in [1.82, 2.24) is 0 Å². The molecule has 0 radical (unpaired) electrons. The second-order valence-electron chi connectivity index (χ2n) is 3.99. The number of aryl methyl sites for hydroxylation is 1. The number of thiophene rings is 1. The lowest BCUT2D eigenvalue weighted by molar-refractivity contribution is 0.409. The summed E-state index contributed by atoms with van der Waals surface area (Å²) in [5.41, 5.74) is 3.97. The number of hydrogen-bond acceptors (Lipinski definition) is 2. The highest BCUT2D eigenvalue weighted by atomic mass is 79.9. The molecule has 0 saturated heterocycles. The van der Waals surface area contributed by atoms with Crippen LogP contribution in [-0.2, 0) is 6.42 Å². The Labute approximate surface area is 115 Å². The van der Waals surface area contributed by atoms with E-state index in [1.807, 2.05) is 12.1 Å². The molecule has 0 N–H and O–H groups in total. The zero-order valence-electron chi connectivity index (χ0n) is 9.94. The van der Waals surface area contributed by atoms with Crippen molar-refractivity contribution in [2.75, 3.05) is 7.11 Å². The van der Waals surface area contributed by atoms with Crippen LogP contribution in [0.4, 0.5) is 0 Å². The average molecular weight is 311 g/mol. The van der Waals surface area contributed by atoms with E-state index in [2.05, 4.69) is 45.7 Å². The van der Waals surface area contributed by atoms with Crippen molar-refractivity contribution < 1.29 is 4.74 Å². The molecule has 0 fully saturated rings. The molecule has 0 spiro atoms. The Morgan fingerprint density at radius 1 is 1.29 bits per heavy atom. The van der Waals surface area contributed by atoms with Crippen LogP contribution in [0, 0.1) is 6.92 Å². The molecular weight excluding hydrogens is 296 g/mol. The maximum atomic E-state index is 5.38. The molecule has 0 bridgehead atoms. The van der Waals surface area contributed by atoms with E-state index in [0.29, 0.717) is 4.83 Å². The SMILES string of the molecule is COc1ccccc1CC(Br)c1cscc1C. The summed E-state index contributed by atoms with van der Waals surface area (Å²) in [7, 11) is 1.72. The van der Waals surface area contributed by atoms with Crippen LogP contribution in [0.25, 0.3) is 0 Å². The van der Waals surface area contributed by atoms with E-state index in [1.54, 1.807) is 18.4 Å². The lowest BCUT2D eigenvalue weighted by Gasteiger charge is -2.12. The summed E-state index contributed by atoms with van der Waals surface area (Å²) in [6.07, 6.45) is 0.946. The molecule has 1 aromatic heterocycles. The number of hydrogen-bond donors (Lipinski definition) is 0. The number of rotatable bonds is 4. The molecule has 90 valence electrons. The minimum Gasteiger partial charge on any atom is -0.496 e. The predicted molar refractivity (Wildman–Crippen MR) is 77.4 cm³/mol. The van der Waals surface area contributed by atoms with E-state index in [1.165, 1.54) is 16.7 Å². The van der Waals surface area contributed by atoms with Gasteiger partial charge >= 0.3 is 0 Å². The minimum atomic E-state index is 0.352. The van der Waals surface area contributed by atoms with E-state index in [0.717, 1.165) is 12.2 Å². The molecule has 2 aromatic rings. The van der Waals surface area contributed by atoms with Gasteiger partial charge in [-0.2, -0.15) is 11.3 Å². The molecule has 1 unspecified atom stereocenters. The lowest BCUT2D eigenvalue weighted by atomic mass is 10.0. The Kier molecular flexibility index (Phi) is 4.24. The second kappa shape index (κ2) is 5.69. The predicted octanol–water partition coefficient (Wildman–Crippen LogP) is 4.74. The maximum Gasteiger partial charge on any atom is 0.122 e. The Bertz CT molecular complexity index is 492. The third-order valence-corrected chi connectivity index (χ3v) is 4.52. The largest absolute Gasteiger partial charge is 0.496 e. The number of alkyl halides is 1. The maximum absolute atomic E-state index is 5.38. The molecule has 1 nitrogen and oxygen atoms in total. The first-order valence-corrected chi connectivity index (χ1v) is 7.37. The summed E-state index contributed by atoms with van der Waals surface area (Å²) in [5.74, 6) is 0.963. The molecule has 1 aromatic carbocycles. The third kappa shape index (κ3) is 2.90. The smallest absolute Gasteiger partial charge is 0.122 e. The Hall–Kier alpha value is -0.800. The van der Waals surface area contributed by atoms with Crippen molar-refractivity contribution in [3.05, 3.63) is 51.7 Å². The van der Waals surface area contributed by atoms with Gasteiger partial charge in [0, 0.05) is 4.83 Å². The van der Waals surface area contributed by atoms with Crippen LogP contribution in [0.3, 0.4) is 0 Å². The van der Waals surface area contributed by atoms with Crippen molar-refractivity contribution in [2.24, 2.45) is 0 Å². The highest BCUT2D eigenvalue weighted by molar-refractivity contribution is 9.09. The van der Waals surface area contributed by atoms with Gasteiger partial charge in [-0.15, -0.1) is 0 Å². The zero-order chi connectivity index (χ0) is 12.3. The fourth-order valence-electron chi connectivity index (χ4n) is 1.87. The number of para-hydroxylation sites is 1. The molecule has 1 heterocycles. The van der Waals surface area contributed by atoms with Crippen LogP contribution >= 0.6 is 27.3 Å². The summed E-state index contributed by atoms with van der Waals surface area (Å²) in [4.78, 5) is 0.352. The molecule has 0 aliphatic carbocycles. The standard InChI is InChI=1S/C14H15BrOS/c1-10-8-17-9-12(10)13(15)7-11-5-3-4-6-14(11)16-2/h3-6,8-9,13H,7H2,1-2H3. The van der Waals surface area contributed by atoms with Gasteiger partial charge in [0.15, 0.2) is 0 Å². The molecule has 0 amide bonds. The van der Waals surface area contributed by atoms with Gasteiger partial charge < -0.3 is 4.74 Å². The summed E-state index contributed by atoms with van der Waals surface area (Å²) in [6, 6.07) is 8.18. The molecule has 0 aliphatic heterocycles. The fraction of sp³-hybridized carbons (Fsp3) is 0.286. The first-order chi connectivity index (χ1) is 8.22. The molecule has 1 atom stereocenters. The van der Waals surface area contributed by atoms with Gasteiger partial charge in [0.1, 0.15) is 5.75 Å². The summed E-state index contributed by atoms with van der Waals surface area (Å²) >= 11 is 5.52. The summed E-state index contributed by atoms with van der Waals surface area (Å²) in [6.45, 7) is 2.16. The lowest BCUT2D eigenvalue weighted by Crippen LogP contribution is -1.98. The van der Waals surface area contributed by atoms with Crippen LogP contribution in [-0.4, -0.2) is 7.11 Å². The number of halogens is 1. The third-order valence-electron chi connectivity index (χ3n) is 2.82. The van der Waals surface area contributed by atoms with E-state index in [4.69, 9.17) is 4.74 Å². The normalized spacial score (nSPS) is 12.4. The molecule has 3 heteroatoms. The van der Waals surface area contributed by atoms with Gasteiger partial charge in [-0.05, 0) is 46.9 Å². The average Bonchev–Trinajstić information content (AvgIpc) is 2.76. The quantitative estimate of drug-likeness (QED) is 0.741. The summed E-state index contributed by atoms with van der Waals surface area (Å²) < 4.78 is 5.38. The van der Waals surface area contributed by atoms with Gasteiger partial charge in [-0.3, -0.25) is 0 Å². The molecule has 0 saturated carbocycles. The van der Waals surface area contributed by atoms with E-state index in [-0.39, 0.29) is 0 Å². The Morgan fingerprint density at radius 3 is 2.71 bits per heavy atom. The number of benzene rings is 1. The fourth-order valence-corrected chi connectivity index (χ4v) is 3.79. The first kappa shape index (κ1) is 12.7. The highest BCUT2D eigenvalue weighted by Crippen LogP contribution is 2.33. The Morgan fingerprint density at radius 2 is 2.06 bits per heavy atom. The van der Waals surface area contributed by atoms with Gasteiger partial charge in [0.2, 0.25) is 0 Å². The first-order valence-electron chi connectivity index (χ1n) is 5.51.